The van der Waals surface area contributed by atoms with Gasteiger partial charge in [-0.2, -0.15) is 0 Å². The molecule has 0 spiro atoms. The lowest BCUT2D eigenvalue weighted by molar-refractivity contribution is -0.136. The maximum absolute atomic E-state index is 14.4. The van der Waals surface area contributed by atoms with E-state index < -0.39 is 30.2 Å². The number of carbonyl (C=O) groups is 5. The third-order valence-electron chi connectivity index (χ3n) is 10.1. The second kappa shape index (κ2) is 22.6. The summed E-state index contributed by atoms with van der Waals surface area (Å²) in [6.07, 6.45) is -0.518. The molecule has 0 aromatic heterocycles. The van der Waals surface area contributed by atoms with Crippen molar-refractivity contribution in [2.45, 2.75) is 39.5 Å². The molecule has 0 unspecified atom stereocenters. The highest BCUT2D eigenvalue weighted by Gasteiger charge is 2.24. The van der Waals surface area contributed by atoms with Crippen LogP contribution < -0.4 is 29.6 Å². The molecule has 0 aliphatic carbocycles. The van der Waals surface area contributed by atoms with E-state index >= 15 is 0 Å². The van der Waals surface area contributed by atoms with Crippen molar-refractivity contribution in [1.29, 1.82) is 0 Å². The molecule has 0 aliphatic rings. The first-order chi connectivity index (χ1) is 32.6. The van der Waals surface area contributed by atoms with Crippen molar-refractivity contribution in [2.75, 3.05) is 10.6 Å². The number of anilines is 2. The van der Waals surface area contributed by atoms with Crippen LogP contribution in [0.1, 0.15) is 64.5 Å². The molecule has 0 bridgehead atoms. The molecule has 0 radical (unpaired) electrons. The van der Waals surface area contributed by atoms with E-state index in [1.54, 1.807) is 6.07 Å². The molecule has 14 nitrogen and oxygen atoms in total. The highest BCUT2D eigenvalue weighted by atomic mass is 16.5. The number of hydrogen-bond acceptors (Lipinski definition) is 10. The van der Waals surface area contributed by atoms with E-state index in [0.29, 0.717) is 5.56 Å². The Hall–Kier alpha value is -8.91. The topological polar surface area (TPSA) is 196 Å². The number of amides is 2. The highest BCUT2D eigenvalue weighted by molar-refractivity contribution is 6.10. The van der Waals surface area contributed by atoms with E-state index in [-0.39, 0.29) is 96.1 Å². The van der Waals surface area contributed by atoms with Gasteiger partial charge in [-0.15, -0.1) is 0 Å². The molecule has 338 valence electrons. The standard InChI is InChI=1S/C53H44N2O12/c56-34-63-33-41-24-45(65-30-36-15-7-2-8-16-36)28-47(50(41)67-32-38-19-11-4-12-20-38)52(60)55-43-22-40(53(61)62)21-42(26-43)54-51(59)46-27-44(64-29-35-13-5-1-6-14-35)23-39(25-48(57)58)49(46)66-31-37-17-9-3-10-18-37/h1-24,26-28,34H,25,29-33H2,(H,54,59)(H,55,60)(H,57,58)(H,61,62). The van der Waals surface area contributed by atoms with Gasteiger partial charge in [0.05, 0.1) is 23.1 Å². The van der Waals surface area contributed by atoms with Gasteiger partial charge in [0.2, 0.25) is 0 Å². The minimum absolute atomic E-state index is 0.0127. The summed E-state index contributed by atoms with van der Waals surface area (Å²) in [5, 5.41) is 25.6. The van der Waals surface area contributed by atoms with Gasteiger partial charge < -0.3 is 44.5 Å². The van der Waals surface area contributed by atoms with Crippen molar-refractivity contribution in [1.82, 2.24) is 0 Å². The molecule has 4 N–H and O–H groups in total. The van der Waals surface area contributed by atoms with Gasteiger partial charge in [-0.05, 0) is 64.7 Å². The Balaban J connectivity index is 1.23. The normalized spacial score (nSPS) is 10.6. The van der Waals surface area contributed by atoms with Gasteiger partial charge in [-0.1, -0.05) is 121 Å². The fourth-order valence-corrected chi connectivity index (χ4v) is 6.92. The average Bonchev–Trinajstić information content (AvgIpc) is 3.34. The van der Waals surface area contributed by atoms with Crippen molar-refractivity contribution in [3.8, 4) is 23.0 Å². The predicted molar refractivity (Wildman–Crippen MR) is 247 cm³/mol. The smallest absolute Gasteiger partial charge is 0.335 e. The number of aromatic carboxylic acids is 1. The Morgan fingerprint density at radius 1 is 0.463 bits per heavy atom. The van der Waals surface area contributed by atoms with Crippen LogP contribution in [0.4, 0.5) is 11.4 Å². The quantitative estimate of drug-likeness (QED) is 0.0471. The van der Waals surface area contributed by atoms with Crippen LogP contribution in [-0.4, -0.2) is 40.4 Å². The summed E-state index contributed by atoms with van der Waals surface area (Å²) in [5.74, 6) is -3.61. The molecule has 0 fully saturated rings. The van der Waals surface area contributed by atoms with E-state index in [9.17, 15) is 34.2 Å². The van der Waals surface area contributed by atoms with E-state index in [1.807, 2.05) is 121 Å². The Kier molecular flexibility index (Phi) is 15.6. The Bertz CT molecular complexity index is 2840. The summed E-state index contributed by atoms with van der Waals surface area (Å²) >= 11 is 0. The molecule has 2 amide bonds. The van der Waals surface area contributed by atoms with Crippen LogP contribution in [0.2, 0.25) is 0 Å². The molecule has 7 rings (SSSR count). The van der Waals surface area contributed by atoms with Gasteiger partial charge in [0.15, 0.2) is 0 Å². The molecule has 14 heteroatoms. The first-order valence-electron chi connectivity index (χ1n) is 20.9. The molecule has 0 aliphatic heterocycles. The monoisotopic (exact) mass is 900 g/mol. The molecule has 67 heavy (non-hydrogen) atoms. The number of benzene rings is 7. The highest BCUT2D eigenvalue weighted by Crippen LogP contribution is 2.35. The lowest BCUT2D eigenvalue weighted by atomic mass is 10.0. The number of aliphatic carboxylic acids is 1. The van der Waals surface area contributed by atoms with Crippen molar-refractivity contribution in [3.63, 3.8) is 0 Å². The number of ether oxygens (including phenoxy) is 5. The number of nitrogens with one attached hydrogen (secondary N) is 2. The lowest BCUT2D eigenvalue weighted by Gasteiger charge is -2.19. The molecule has 0 heterocycles. The van der Waals surface area contributed by atoms with Crippen LogP contribution >= 0.6 is 0 Å². The van der Waals surface area contributed by atoms with Crippen LogP contribution in [0.25, 0.3) is 0 Å². The minimum atomic E-state index is -1.37. The fraction of sp³-hybridized carbons (Fsp3) is 0.113. The molecular weight excluding hydrogens is 857 g/mol. The average molecular weight is 901 g/mol. The van der Waals surface area contributed by atoms with Crippen LogP contribution in [-0.2, 0) is 53.8 Å². The third-order valence-corrected chi connectivity index (χ3v) is 10.1. The number of rotatable bonds is 22. The Labute approximate surface area is 385 Å². The largest absolute Gasteiger partial charge is 0.489 e. The molecule has 0 atom stereocenters. The summed E-state index contributed by atoms with van der Waals surface area (Å²) in [6.45, 7) is 0.266. The van der Waals surface area contributed by atoms with E-state index in [1.165, 1.54) is 36.4 Å². The van der Waals surface area contributed by atoms with E-state index in [4.69, 9.17) is 23.7 Å². The van der Waals surface area contributed by atoms with E-state index in [2.05, 4.69) is 10.6 Å². The number of hydrogen-bond donors (Lipinski definition) is 4. The minimum Gasteiger partial charge on any atom is -0.489 e. The first kappa shape index (κ1) is 46.1. The number of carboxylic acid groups (broad SMARTS) is 2. The molecular formula is C53H44N2O12. The maximum Gasteiger partial charge on any atom is 0.335 e. The van der Waals surface area contributed by atoms with Gasteiger partial charge in [0, 0.05) is 22.5 Å². The summed E-state index contributed by atoms with van der Waals surface area (Å²) < 4.78 is 29.7. The fourth-order valence-electron chi connectivity index (χ4n) is 6.92. The molecule has 7 aromatic rings. The summed E-state index contributed by atoms with van der Waals surface area (Å²) in [5.41, 5.74) is 3.20. The van der Waals surface area contributed by atoms with Crippen LogP contribution in [0.15, 0.2) is 164 Å². The number of carbonyl (C=O) groups excluding carboxylic acids is 3. The second-order valence-electron chi connectivity index (χ2n) is 15.0. The SMILES string of the molecule is O=COCc1cc(OCc2ccccc2)cc(C(=O)Nc2cc(NC(=O)c3cc(OCc4ccccc4)cc(CC(=O)O)c3OCc3ccccc3)cc(C(=O)O)c2)c1OCc1ccccc1. The Morgan fingerprint density at radius 2 is 0.851 bits per heavy atom. The number of carboxylic acids is 2. The summed E-state index contributed by atoms with van der Waals surface area (Å²) in [7, 11) is 0. The summed E-state index contributed by atoms with van der Waals surface area (Å²) in [4.78, 5) is 64.9. The molecule has 0 saturated carbocycles. The third kappa shape index (κ3) is 13.1. The van der Waals surface area contributed by atoms with Crippen LogP contribution in [0.5, 0.6) is 23.0 Å². The zero-order valence-electron chi connectivity index (χ0n) is 35.9. The van der Waals surface area contributed by atoms with Crippen molar-refractivity contribution in [2.24, 2.45) is 0 Å². The zero-order chi connectivity index (χ0) is 47.0. The maximum atomic E-state index is 14.4. The lowest BCUT2D eigenvalue weighted by Crippen LogP contribution is -2.18. The van der Waals surface area contributed by atoms with Gasteiger partial charge >= 0.3 is 11.9 Å². The van der Waals surface area contributed by atoms with Crippen molar-refractivity contribution in [3.05, 3.63) is 214 Å². The van der Waals surface area contributed by atoms with Gasteiger partial charge in [-0.3, -0.25) is 19.2 Å². The van der Waals surface area contributed by atoms with Gasteiger partial charge in [-0.25, -0.2) is 4.79 Å². The van der Waals surface area contributed by atoms with Gasteiger partial charge in [0.1, 0.15) is 56.0 Å². The van der Waals surface area contributed by atoms with Crippen molar-refractivity contribution >= 4 is 41.6 Å². The summed E-state index contributed by atoms with van der Waals surface area (Å²) in [6, 6.07) is 46.6. The molecule has 0 saturated heterocycles. The van der Waals surface area contributed by atoms with Crippen molar-refractivity contribution < 1.29 is 57.9 Å². The second-order valence-corrected chi connectivity index (χ2v) is 15.0. The van der Waals surface area contributed by atoms with Gasteiger partial charge in [0.25, 0.3) is 18.3 Å². The zero-order valence-corrected chi connectivity index (χ0v) is 35.9. The van der Waals surface area contributed by atoms with Crippen LogP contribution in [0, 0.1) is 0 Å². The molecule has 7 aromatic carbocycles. The van der Waals surface area contributed by atoms with Crippen LogP contribution in [0.3, 0.4) is 0 Å². The Morgan fingerprint density at radius 3 is 1.24 bits per heavy atom. The van der Waals surface area contributed by atoms with E-state index in [0.717, 1.165) is 22.3 Å². The predicted octanol–water partition coefficient (Wildman–Crippen LogP) is 9.51. The first-order valence-corrected chi connectivity index (χ1v) is 20.9.